The van der Waals surface area contributed by atoms with Gasteiger partial charge in [-0.15, -0.1) is 11.3 Å². The number of aliphatic carboxylic acids is 2. The fourth-order valence-electron chi connectivity index (χ4n) is 2.70. The van der Waals surface area contributed by atoms with Gasteiger partial charge in [-0.1, -0.05) is 30.3 Å². The Morgan fingerprint density at radius 2 is 1.70 bits per heavy atom. The van der Waals surface area contributed by atoms with Crippen molar-refractivity contribution in [3.8, 4) is 11.1 Å². The minimum absolute atomic E-state index is 0.170. The fraction of sp³-hybridized carbons (Fsp3) is 0.364. The molecule has 0 aliphatic carbocycles. The monoisotopic (exact) mass is 480 g/mol. The molecule has 1 aromatic heterocycles. The van der Waals surface area contributed by atoms with E-state index in [9.17, 15) is 9.59 Å². The number of carboxylic acid groups (broad SMARTS) is 2. The molecule has 0 radical (unpaired) electrons. The van der Waals surface area contributed by atoms with E-state index < -0.39 is 17.9 Å². The van der Waals surface area contributed by atoms with E-state index in [4.69, 9.17) is 29.3 Å². The molecule has 0 fully saturated rings. The van der Waals surface area contributed by atoms with Gasteiger partial charge < -0.3 is 30.3 Å². The van der Waals surface area contributed by atoms with E-state index in [0.717, 1.165) is 22.4 Å². The van der Waals surface area contributed by atoms with Crippen LogP contribution in [0.1, 0.15) is 28.6 Å². The Morgan fingerprint density at radius 3 is 2.24 bits per heavy atom. The minimum Gasteiger partial charge on any atom is -0.473 e. The number of anilines is 1. The van der Waals surface area contributed by atoms with Crippen LogP contribution < -0.4 is 10.6 Å². The highest BCUT2D eigenvalue weighted by molar-refractivity contribution is 7.17. The normalized spacial score (nSPS) is 10.0. The van der Waals surface area contributed by atoms with Gasteiger partial charge in [-0.05, 0) is 32.4 Å². The number of hydrogen-bond donors (Lipinski definition) is 4. The van der Waals surface area contributed by atoms with E-state index in [0.29, 0.717) is 23.7 Å². The summed E-state index contributed by atoms with van der Waals surface area (Å²) in [6.45, 7) is 5.48. The summed E-state index contributed by atoms with van der Waals surface area (Å²) in [5.74, 6) is -4.27. The average Bonchev–Trinajstić information content (AvgIpc) is 3.10. The summed E-state index contributed by atoms with van der Waals surface area (Å²) < 4.78 is 10.2. The maximum absolute atomic E-state index is 12.6. The van der Waals surface area contributed by atoms with Gasteiger partial charge in [0.05, 0.1) is 13.2 Å². The largest absolute Gasteiger partial charge is 0.473 e. The van der Waals surface area contributed by atoms with E-state index in [1.54, 1.807) is 14.0 Å². The van der Waals surface area contributed by atoms with Gasteiger partial charge in [-0.2, -0.15) is 0 Å². The Balaban J connectivity index is 0.000000801. The van der Waals surface area contributed by atoms with Gasteiger partial charge in [0.15, 0.2) is 0 Å². The number of carbonyl (C=O) groups excluding carboxylic acids is 2. The molecule has 1 amide bonds. The molecule has 4 N–H and O–H groups in total. The van der Waals surface area contributed by atoms with Crippen LogP contribution in [0, 0.1) is 6.92 Å². The van der Waals surface area contributed by atoms with Crippen molar-refractivity contribution in [2.45, 2.75) is 20.3 Å². The van der Waals surface area contributed by atoms with Gasteiger partial charge in [0.1, 0.15) is 10.6 Å². The topological polar surface area (TPSA) is 151 Å². The third-order valence-electron chi connectivity index (χ3n) is 4.05. The summed E-state index contributed by atoms with van der Waals surface area (Å²) in [6, 6.07) is 9.65. The second-order valence-electron chi connectivity index (χ2n) is 6.51. The van der Waals surface area contributed by atoms with Crippen LogP contribution in [0.15, 0.2) is 30.3 Å². The predicted octanol–water partition coefficient (Wildman–Crippen LogP) is 2.62. The minimum atomic E-state index is -1.82. The molecule has 0 aliphatic rings. The maximum atomic E-state index is 12.6. The summed E-state index contributed by atoms with van der Waals surface area (Å²) >= 11 is 1.39. The lowest BCUT2D eigenvalue weighted by atomic mass is 10.0. The third kappa shape index (κ3) is 9.39. The highest BCUT2D eigenvalue weighted by atomic mass is 32.1. The Bertz CT molecular complexity index is 931. The molecule has 33 heavy (non-hydrogen) atoms. The lowest BCUT2D eigenvalue weighted by Crippen LogP contribution is -2.29. The van der Waals surface area contributed by atoms with Crippen molar-refractivity contribution in [3.05, 3.63) is 40.8 Å². The van der Waals surface area contributed by atoms with Gasteiger partial charge in [0.25, 0.3) is 0 Å². The predicted molar refractivity (Wildman–Crippen MR) is 124 cm³/mol. The molecular formula is C22H28N2O8S. The van der Waals surface area contributed by atoms with E-state index in [1.807, 2.05) is 37.3 Å². The standard InChI is InChI=1S/C20H26N2O4S.C2H2O4/c1-4-26-20(24)18-17(15-9-6-5-7-10-15)14(2)27-19(18)22-16(23)13-21-11-8-12-25-3;3-1(4)2(5)6/h5-7,9-10,21H,4,8,11-13H2,1-3H3,(H,22,23);(H,3,4)(H,5,6). The Hall–Kier alpha value is -3.28. The number of aryl methyl sites for hydroxylation is 1. The van der Waals surface area contributed by atoms with Gasteiger partial charge in [-0.3, -0.25) is 4.79 Å². The summed E-state index contributed by atoms with van der Waals surface area (Å²) in [5.41, 5.74) is 2.15. The van der Waals surface area contributed by atoms with E-state index >= 15 is 0 Å². The highest BCUT2D eigenvalue weighted by Gasteiger charge is 2.25. The first-order valence-corrected chi connectivity index (χ1v) is 10.9. The smallest absolute Gasteiger partial charge is 0.414 e. The van der Waals surface area contributed by atoms with Gasteiger partial charge >= 0.3 is 17.9 Å². The van der Waals surface area contributed by atoms with Crippen LogP contribution in [-0.4, -0.2) is 67.4 Å². The molecular weight excluding hydrogens is 452 g/mol. The van der Waals surface area contributed by atoms with Crippen molar-refractivity contribution >= 4 is 40.2 Å². The van der Waals surface area contributed by atoms with Crippen LogP contribution in [0.3, 0.4) is 0 Å². The number of rotatable bonds is 10. The second kappa shape index (κ2) is 14.7. The lowest BCUT2D eigenvalue weighted by Gasteiger charge is -2.09. The average molecular weight is 481 g/mol. The number of carbonyl (C=O) groups is 4. The fourth-order valence-corrected chi connectivity index (χ4v) is 3.78. The number of ether oxygens (including phenoxy) is 2. The first kappa shape index (κ1) is 27.8. The van der Waals surface area contributed by atoms with Crippen LogP contribution in [0.5, 0.6) is 0 Å². The SMILES string of the molecule is CCOC(=O)c1c(NC(=O)CNCCCOC)sc(C)c1-c1ccccc1.O=C(O)C(=O)O. The van der Waals surface area contributed by atoms with E-state index in [1.165, 1.54) is 11.3 Å². The second-order valence-corrected chi connectivity index (χ2v) is 7.73. The number of esters is 1. The van der Waals surface area contributed by atoms with Crippen molar-refractivity contribution < 1.29 is 38.9 Å². The first-order valence-electron chi connectivity index (χ1n) is 10.0. The summed E-state index contributed by atoms with van der Waals surface area (Å²) in [7, 11) is 1.65. The number of methoxy groups -OCH3 is 1. The number of amides is 1. The van der Waals surface area contributed by atoms with Crippen molar-refractivity contribution in [3.63, 3.8) is 0 Å². The number of hydrogen-bond acceptors (Lipinski definition) is 8. The molecule has 0 atom stereocenters. The Kier molecular flexibility index (Phi) is 12.4. The molecule has 0 spiro atoms. The molecule has 0 bridgehead atoms. The van der Waals surface area contributed by atoms with Crippen LogP contribution in [0.25, 0.3) is 11.1 Å². The number of benzene rings is 1. The number of carboxylic acids is 2. The zero-order valence-corrected chi connectivity index (χ0v) is 19.5. The molecule has 2 aromatic rings. The molecule has 180 valence electrons. The lowest BCUT2D eigenvalue weighted by molar-refractivity contribution is -0.159. The van der Waals surface area contributed by atoms with E-state index in [2.05, 4.69) is 10.6 Å². The van der Waals surface area contributed by atoms with Crippen molar-refractivity contribution in [1.82, 2.24) is 5.32 Å². The van der Waals surface area contributed by atoms with Crippen LogP contribution in [0.4, 0.5) is 5.00 Å². The summed E-state index contributed by atoms with van der Waals surface area (Å²) in [5, 5.41) is 21.2. The van der Waals surface area contributed by atoms with Crippen LogP contribution >= 0.6 is 11.3 Å². The van der Waals surface area contributed by atoms with Gasteiger partial charge in [0, 0.05) is 24.2 Å². The molecule has 11 heteroatoms. The van der Waals surface area contributed by atoms with Gasteiger partial charge in [-0.25, -0.2) is 14.4 Å². The molecule has 0 unspecified atom stereocenters. The first-order chi connectivity index (χ1) is 15.7. The molecule has 1 aromatic carbocycles. The van der Waals surface area contributed by atoms with Crippen molar-refractivity contribution in [2.75, 3.05) is 38.7 Å². The molecule has 10 nitrogen and oxygen atoms in total. The zero-order valence-electron chi connectivity index (χ0n) is 18.7. The summed E-state index contributed by atoms with van der Waals surface area (Å²) in [6.07, 6.45) is 0.828. The number of nitrogens with one attached hydrogen (secondary N) is 2. The van der Waals surface area contributed by atoms with Crippen molar-refractivity contribution in [1.29, 1.82) is 0 Å². The Morgan fingerprint density at radius 1 is 1.06 bits per heavy atom. The maximum Gasteiger partial charge on any atom is 0.414 e. The zero-order chi connectivity index (χ0) is 24.8. The third-order valence-corrected chi connectivity index (χ3v) is 5.07. The van der Waals surface area contributed by atoms with Crippen LogP contribution in [-0.2, 0) is 23.9 Å². The highest BCUT2D eigenvalue weighted by Crippen LogP contribution is 2.40. The van der Waals surface area contributed by atoms with E-state index in [-0.39, 0.29) is 19.1 Å². The van der Waals surface area contributed by atoms with Crippen LogP contribution in [0.2, 0.25) is 0 Å². The van der Waals surface area contributed by atoms with Gasteiger partial charge in [0.2, 0.25) is 5.91 Å². The molecule has 0 saturated carbocycles. The quantitative estimate of drug-likeness (QED) is 0.228. The summed E-state index contributed by atoms with van der Waals surface area (Å²) in [4.78, 5) is 44.0. The molecule has 2 rings (SSSR count). The van der Waals surface area contributed by atoms with Crippen molar-refractivity contribution in [2.24, 2.45) is 0 Å². The molecule has 0 saturated heterocycles. The Labute approximate surface area is 195 Å². The molecule has 0 aliphatic heterocycles. The number of thiophene rings is 1. The molecule has 1 heterocycles.